The summed E-state index contributed by atoms with van der Waals surface area (Å²) in [6.45, 7) is 0.821. The summed E-state index contributed by atoms with van der Waals surface area (Å²) in [5.74, 6) is -1.68. The lowest BCUT2D eigenvalue weighted by atomic mass is 10.2. The van der Waals surface area contributed by atoms with E-state index in [1.165, 1.54) is 22.5 Å². The van der Waals surface area contributed by atoms with Gasteiger partial charge < -0.3 is 9.84 Å². The maximum absolute atomic E-state index is 12.7. The normalized spacial score (nSPS) is 15.2. The molecule has 0 aliphatic carbocycles. The number of nitro groups is 1. The standard InChI is InChI=1S/C17H18N4O9S2/c22-16-5-4-13(11-15(16)21(24)25)31(26,27)19-18-17(23)12-2-1-3-14(10-12)32(28,29)20-6-8-30-9-7-20/h1-5,10-11,19,22H,6-9H2,(H,18,23). The van der Waals surface area contributed by atoms with Gasteiger partial charge in [0.25, 0.3) is 15.9 Å². The first-order valence-electron chi connectivity index (χ1n) is 9.00. The van der Waals surface area contributed by atoms with Crippen LogP contribution < -0.4 is 10.3 Å². The SMILES string of the molecule is O=C(NNS(=O)(=O)c1ccc(O)c([N+](=O)[O-])c1)c1cccc(S(=O)(=O)N2CCOCC2)c1. The quantitative estimate of drug-likeness (QED) is 0.356. The van der Waals surface area contributed by atoms with Crippen LogP contribution in [0.25, 0.3) is 0 Å². The highest BCUT2D eigenvalue weighted by Crippen LogP contribution is 2.28. The Bertz CT molecular complexity index is 1260. The van der Waals surface area contributed by atoms with E-state index < -0.39 is 47.2 Å². The van der Waals surface area contributed by atoms with Crippen molar-refractivity contribution in [1.29, 1.82) is 0 Å². The Morgan fingerprint density at radius 1 is 1.06 bits per heavy atom. The number of amides is 1. The van der Waals surface area contributed by atoms with Gasteiger partial charge in [-0.1, -0.05) is 6.07 Å². The molecular weight excluding hydrogens is 468 g/mol. The lowest BCUT2D eigenvalue weighted by molar-refractivity contribution is -0.386. The van der Waals surface area contributed by atoms with Crippen LogP contribution in [0.3, 0.4) is 0 Å². The van der Waals surface area contributed by atoms with Gasteiger partial charge in [-0.25, -0.2) is 16.8 Å². The summed E-state index contributed by atoms with van der Waals surface area (Å²) in [4.78, 5) is 23.4. The molecule has 1 fully saturated rings. The van der Waals surface area contributed by atoms with Gasteiger partial charge in [0, 0.05) is 24.7 Å². The van der Waals surface area contributed by atoms with Crippen molar-refractivity contribution in [1.82, 2.24) is 14.6 Å². The van der Waals surface area contributed by atoms with E-state index in [0.717, 1.165) is 18.2 Å². The van der Waals surface area contributed by atoms with Crippen LogP contribution in [0.2, 0.25) is 0 Å². The molecule has 13 nitrogen and oxygen atoms in total. The van der Waals surface area contributed by atoms with Crippen molar-refractivity contribution in [3.05, 3.63) is 58.1 Å². The number of nitrogens with zero attached hydrogens (tertiary/aromatic N) is 2. The van der Waals surface area contributed by atoms with Gasteiger partial charge >= 0.3 is 5.69 Å². The maximum atomic E-state index is 12.7. The van der Waals surface area contributed by atoms with E-state index in [9.17, 15) is 36.9 Å². The first kappa shape index (κ1) is 23.6. The summed E-state index contributed by atoms with van der Waals surface area (Å²) in [6, 6.07) is 7.38. The van der Waals surface area contributed by atoms with Crippen LogP contribution in [0.5, 0.6) is 5.75 Å². The van der Waals surface area contributed by atoms with Crippen LogP contribution in [-0.2, 0) is 24.8 Å². The molecule has 0 spiro atoms. The Morgan fingerprint density at radius 3 is 2.41 bits per heavy atom. The van der Waals surface area contributed by atoms with Crippen LogP contribution in [0.1, 0.15) is 10.4 Å². The number of ether oxygens (including phenoxy) is 1. The summed E-state index contributed by atoms with van der Waals surface area (Å²) >= 11 is 0. The number of hydrogen-bond acceptors (Lipinski definition) is 9. The van der Waals surface area contributed by atoms with Crippen molar-refractivity contribution in [2.75, 3.05) is 26.3 Å². The van der Waals surface area contributed by atoms with Crippen molar-refractivity contribution < 1.29 is 36.4 Å². The molecule has 1 saturated heterocycles. The Kier molecular flexibility index (Phi) is 6.75. The minimum Gasteiger partial charge on any atom is -0.502 e. The Balaban J connectivity index is 1.76. The number of hydrogen-bond donors (Lipinski definition) is 3. The second-order valence-corrected chi connectivity index (χ2v) is 10.1. The van der Waals surface area contributed by atoms with E-state index in [4.69, 9.17) is 4.74 Å². The predicted octanol–water partition coefficient (Wildman–Crippen LogP) is -0.0554. The van der Waals surface area contributed by atoms with Crippen molar-refractivity contribution in [2.45, 2.75) is 9.79 Å². The molecule has 1 aliphatic rings. The van der Waals surface area contributed by atoms with Gasteiger partial charge in [0.1, 0.15) is 0 Å². The van der Waals surface area contributed by atoms with Crippen molar-refractivity contribution in [2.24, 2.45) is 0 Å². The zero-order valence-corrected chi connectivity index (χ0v) is 17.9. The van der Waals surface area contributed by atoms with Gasteiger partial charge in [0.15, 0.2) is 5.75 Å². The number of phenolic OH excluding ortho intramolecular Hbond substituents is 1. The van der Waals surface area contributed by atoms with Gasteiger partial charge in [-0.3, -0.25) is 20.3 Å². The summed E-state index contributed by atoms with van der Waals surface area (Å²) in [5.41, 5.74) is 0.948. The molecule has 0 radical (unpaired) electrons. The molecule has 0 aromatic heterocycles. The number of carbonyl (C=O) groups is 1. The number of nitrogens with one attached hydrogen (secondary N) is 2. The Labute approximate surface area is 182 Å². The average Bonchev–Trinajstić information content (AvgIpc) is 2.78. The number of hydrazine groups is 1. The summed E-state index contributed by atoms with van der Waals surface area (Å²) in [7, 11) is -8.30. The van der Waals surface area contributed by atoms with Gasteiger partial charge in [0.05, 0.1) is 27.9 Å². The van der Waals surface area contributed by atoms with Crippen LogP contribution in [0.4, 0.5) is 5.69 Å². The molecule has 0 atom stereocenters. The fourth-order valence-electron chi connectivity index (χ4n) is 2.80. The number of carbonyl (C=O) groups excluding carboxylic acids is 1. The number of nitro benzene ring substituents is 1. The highest BCUT2D eigenvalue weighted by atomic mass is 32.2. The van der Waals surface area contributed by atoms with Crippen LogP contribution in [0, 0.1) is 10.1 Å². The molecule has 0 saturated carbocycles. The minimum atomic E-state index is -4.43. The molecule has 0 bridgehead atoms. The van der Waals surface area contributed by atoms with E-state index in [0.29, 0.717) is 6.07 Å². The highest BCUT2D eigenvalue weighted by Gasteiger charge is 2.27. The number of benzene rings is 2. The predicted molar refractivity (Wildman–Crippen MR) is 109 cm³/mol. The Hall–Kier alpha value is -3.11. The second kappa shape index (κ2) is 9.17. The molecule has 0 unspecified atom stereocenters. The monoisotopic (exact) mass is 486 g/mol. The molecule has 2 aromatic carbocycles. The molecule has 172 valence electrons. The molecule has 3 rings (SSSR count). The van der Waals surface area contributed by atoms with E-state index in [1.54, 1.807) is 4.83 Å². The first-order valence-corrected chi connectivity index (χ1v) is 11.9. The summed E-state index contributed by atoms with van der Waals surface area (Å²) < 4.78 is 56.5. The fourth-order valence-corrected chi connectivity index (χ4v) is 5.11. The second-order valence-electron chi connectivity index (χ2n) is 6.51. The summed E-state index contributed by atoms with van der Waals surface area (Å²) in [5, 5.41) is 20.3. The summed E-state index contributed by atoms with van der Waals surface area (Å²) in [6.07, 6.45) is 0. The van der Waals surface area contributed by atoms with Crippen molar-refractivity contribution in [3.63, 3.8) is 0 Å². The third kappa shape index (κ3) is 5.03. The molecule has 32 heavy (non-hydrogen) atoms. The first-order chi connectivity index (χ1) is 15.0. The lowest BCUT2D eigenvalue weighted by Crippen LogP contribution is -2.42. The largest absolute Gasteiger partial charge is 0.502 e. The smallest absolute Gasteiger partial charge is 0.312 e. The molecule has 2 aromatic rings. The number of sulfonamides is 2. The molecule has 3 N–H and O–H groups in total. The van der Waals surface area contributed by atoms with Crippen LogP contribution in [0.15, 0.2) is 52.3 Å². The molecule has 1 aliphatic heterocycles. The van der Waals surface area contributed by atoms with Crippen molar-refractivity contribution >= 4 is 31.6 Å². The Morgan fingerprint density at radius 2 is 1.75 bits per heavy atom. The van der Waals surface area contributed by atoms with Crippen LogP contribution >= 0.6 is 0 Å². The van der Waals surface area contributed by atoms with Gasteiger partial charge in [0.2, 0.25) is 10.0 Å². The molecule has 1 amide bonds. The molecular formula is C17H18N4O9S2. The van der Waals surface area contributed by atoms with Gasteiger partial charge in [-0.2, -0.15) is 4.31 Å². The van der Waals surface area contributed by atoms with E-state index >= 15 is 0 Å². The third-order valence-electron chi connectivity index (χ3n) is 4.46. The van der Waals surface area contributed by atoms with E-state index in [1.807, 2.05) is 5.43 Å². The van der Waals surface area contributed by atoms with Crippen molar-refractivity contribution in [3.8, 4) is 5.75 Å². The van der Waals surface area contributed by atoms with E-state index in [-0.39, 0.29) is 36.8 Å². The third-order valence-corrected chi connectivity index (χ3v) is 7.60. The number of rotatable bonds is 7. The highest BCUT2D eigenvalue weighted by molar-refractivity contribution is 7.89. The van der Waals surface area contributed by atoms with Gasteiger partial charge in [-0.05, 0) is 30.3 Å². The van der Waals surface area contributed by atoms with Gasteiger partial charge in [-0.15, -0.1) is 4.83 Å². The number of morpholine rings is 1. The zero-order valence-electron chi connectivity index (χ0n) is 16.3. The maximum Gasteiger partial charge on any atom is 0.312 e. The topological polar surface area (TPSA) is 185 Å². The number of aromatic hydroxyl groups is 1. The fraction of sp³-hybridized carbons (Fsp3) is 0.235. The molecule has 1 heterocycles. The zero-order chi connectivity index (χ0) is 23.5. The number of phenols is 1. The van der Waals surface area contributed by atoms with Crippen LogP contribution in [-0.4, -0.2) is 63.4 Å². The molecule has 15 heteroatoms. The van der Waals surface area contributed by atoms with E-state index in [2.05, 4.69) is 0 Å². The average molecular weight is 486 g/mol. The minimum absolute atomic E-state index is 0.140. The lowest BCUT2D eigenvalue weighted by Gasteiger charge is -2.26.